The van der Waals surface area contributed by atoms with Gasteiger partial charge in [-0.1, -0.05) is 15.9 Å². The van der Waals surface area contributed by atoms with Crippen LogP contribution in [0.25, 0.3) is 0 Å². The second-order valence-corrected chi connectivity index (χ2v) is 5.50. The lowest BCUT2D eigenvalue weighted by atomic mass is 10.1. The molecule has 2 rings (SSSR count). The summed E-state index contributed by atoms with van der Waals surface area (Å²) in [5.74, 6) is 0.944. The van der Waals surface area contributed by atoms with Crippen molar-refractivity contribution in [3.05, 3.63) is 28.2 Å². The third kappa shape index (κ3) is 4.32. The molecule has 0 saturated heterocycles. The Morgan fingerprint density at radius 3 is 2.88 bits per heavy atom. The van der Waals surface area contributed by atoms with E-state index in [0.717, 1.165) is 24.8 Å². The van der Waals surface area contributed by atoms with Crippen molar-refractivity contribution < 1.29 is 4.74 Å². The topological polar surface area (TPSA) is 21.3 Å². The number of ether oxygens (including phenoxy) is 1. The number of unbranched alkanes of at least 4 members (excludes halogenated alkanes) is 1. The Kier molecular flexibility index (Phi) is 4.86. The van der Waals surface area contributed by atoms with Crippen LogP contribution in [0.1, 0.15) is 31.2 Å². The quantitative estimate of drug-likeness (QED) is 0.778. The van der Waals surface area contributed by atoms with E-state index in [2.05, 4.69) is 33.4 Å². The van der Waals surface area contributed by atoms with E-state index in [0.29, 0.717) is 0 Å². The lowest BCUT2D eigenvalue weighted by Crippen LogP contribution is -2.17. The summed E-state index contributed by atoms with van der Waals surface area (Å²) in [6.07, 6.45) is 6.35. The second-order valence-electron chi connectivity index (χ2n) is 4.64. The summed E-state index contributed by atoms with van der Waals surface area (Å²) in [7, 11) is 1.71. The molecule has 0 amide bonds. The van der Waals surface area contributed by atoms with Crippen LogP contribution in [0.3, 0.4) is 0 Å². The fourth-order valence-electron chi connectivity index (χ4n) is 1.90. The first-order valence-corrected chi connectivity index (χ1v) is 7.14. The van der Waals surface area contributed by atoms with Gasteiger partial charge in [0.25, 0.3) is 0 Å². The number of hydrogen-bond acceptors (Lipinski definition) is 2. The molecule has 1 aliphatic rings. The molecule has 0 aromatic heterocycles. The van der Waals surface area contributed by atoms with Crippen molar-refractivity contribution in [3.8, 4) is 5.75 Å². The molecule has 17 heavy (non-hydrogen) atoms. The minimum atomic E-state index is 0.832. The zero-order valence-corrected chi connectivity index (χ0v) is 11.9. The highest BCUT2D eigenvalue weighted by atomic mass is 79.9. The molecule has 0 heterocycles. The highest BCUT2D eigenvalue weighted by Gasteiger charge is 2.19. The third-order valence-electron chi connectivity index (χ3n) is 3.14. The van der Waals surface area contributed by atoms with E-state index < -0.39 is 0 Å². The lowest BCUT2D eigenvalue weighted by Gasteiger charge is -2.07. The van der Waals surface area contributed by atoms with Crippen LogP contribution < -0.4 is 10.1 Å². The van der Waals surface area contributed by atoms with E-state index in [1.807, 2.05) is 6.07 Å². The second kappa shape index (κ2) is 6.41. The van der Waals surface area contributed by atoms with Gasteiger partial charge in [0.05, 0.1) is 7.11 Å². The summed E-state index contributed by atoms with van der Waals surface area (Å²) < 4.78 is 6.43. The van der Waals surface area contributed by atoms with Crippen molar-refractivity contribution in [3.63, 3.8) is 0 Å². The van der Waals surface area contributed by atoms with E-state index in [1.165, 1.54) is 35.7 Å². The maximum Gasteiger partial charge on any atom is 0.119 e. The zero-order chi connectivity index (χ0) is 12.1. The van der Waals surface area contributed by atoms with E-state index in [4.69, 9.17) is 4.74 Å². The average molecular weight is 298 g/mol. The number of nitrogens with one attached hydrogen (secondary N) is 1. The summed E-state index contributed by atoms with van der Waals surface area (Å²) in [5.41, 5.74) is 1.34. The molecule has 2 nitrogen and oxygen atoms in total. The van der Waals surface area contributed by atoms with E-state index in [1.54, 1.807) is 7.11 Å². The molecular weight excluding hydrogens is 278 g/mol. The maximum absolute atomic E-state index is 5.24. The number of hydrogen-bond donors (Lipinski definition) is 1. The van der Waals surface area contributed by atoms with Gasteiger partial charge in [0, 0.05) is 10.5 Å². The predicted octanol–water partition coefficient (Wildman–Crippen LogP) is 3.53. The number of aryl methyl sites for hydroxylation is 1. The molecule has 94 valence electrons. The predicted molar refractivity (Wildman–Crippen MR) is 74.7 cm³/mol. The van der Waals surface area contributed by atoms with Gasteiger partial charge in [-0.05, 0) is 62.4 Å². The van der Waals surface area contributed by atoms with Gasteiger partial charge in [0.2, 0.25) is 0 Å². The van der Waals surface area contributed by atoms with Gasteiger partial charge < -0.3 is 10.1 Å². The fraction of sp³-hybridized carbons (Fsp3) is 0.571. The minimum absolute atomic E-state index is 0.832. The van der Waals surface area contributed by atoms with Gasteiger partial charge in [-0.3, -0.25) is 0 Å². The molecular formula is C14H20BrNO. The molecule has 0 atom stereocenters. The van der Waals surface area contributed by atoms with Gasteiger partial charge >= 0.3 is 0 Å². The van der Waals surface area contributed by atoms with Gasteiger partial charge in [-0.25, -0.2) is 0 Å². The van der Waals surface area contributed by atoms with Crippen LogP contribution in [0.4, 0.5) is 0 Å². The Balaban J connectivity index is 1.72. The van der Waals surface area contributed by atoms with E-state index >= 15 is 0 Å². The van der Waals surface area contributed by atoms with Crippen molar-refractivity contribution in [2.75, 3.05) is 13.7 Å². The summed E-state index contributed by atoms with van der Waals surface area (Å²) in [5, 5.41) is 3.54. The smallest absolute Gasteiger partial charge is 0.119 e. The van der Waals surface area contributed by atoms with Crippen LogP contribution in [-0.4, -0.2) is 19.7 Å². The first-order valence-electron chi connectivity index (χ1n) is 6.35. The summed E-state index contributed by atoms with van der Waals surface area (Å²) >= 11 is 3.59. The first-order chi connectivity index (χ1) is 8.29. The van der Waals surface area contributed by atoms with E-state index in [9.17, 15) is 0 Å². The van der Waals surface area contributed by atoms with E-state index in [-0.39, 0.29) is 0 Å². The van der Waals surface area contributed by atoms with Crippen LogP contribution in [0.2, 0.25) is 0 Å². The van der Waals surface area contributed by atoms with Gasteiger partial charge in [-0.15, -0.1) is 0 Å². The van der Waals surface area contributed by atoms with Crippen molar-refractivity contribution in [2.45, 2.75) is 38.1 Å². The number of benzene rings is 1. The Bertz CT molecular complexity index is 363. The molecule has 0 radical (unpaired) electrons. The molecule has 0 bridgehead atoms. The largest absolute Gasteiger partial charge is 0.497 e. The molecule has 1 aliphatic carbocycles. The van der Waals surface area contributed by atoms with Crippen molar-refractivity contribution in [1.82, 2.24) is 5.32 Å². The summed E-state index contributed by atoms with van der Waals surface area (Å²) in [6, 6.07) is 7.01. The highest BCUT2D eigenvalue weighted by Crippen LogP contribution is 2.24. The highest BCUT2D eigenvalue weighted by molar-refractivity contribution is 9.10. The summed E-state index contributed by atoms with van der Waals surface area (Å²) in [6.45, 7) is 1.16. The molecule has 1 fully saturated rings. The van der Waals surface area contributed by atoms with Crippen LogP contribution in [0, 0.1) is 0 Å². The molecule has 3 heteroatoms. The minimum Gasteiger partial charge on any atom is -0.497 e. The van der Waals surface area contributed by atoms with Gasteiger partial charge in [0.15, 0.2) is 0 Å². The molecule has 0 aliphatic heterocycles. The summed E-state index contributed by atoms with van der Waals surface area (Å²) in [4.78, 5) is 0. The Hall–Kier alpha value is -0.540. The van der Waals surface area contributed by atoms with Crippen LogP contribution >= 0.6 is 15.9 Å². The Morgan fingerprint density at radius 1 is 1.35 bits per heavy atom. The molecule has 1 saturated carbocycles. The van der Waals surface area contributed by atoms with Crippen LogP contribution in [-0.2, 0) is 6.42 Å². The molecule has 0 unspecified atom stereocenters. The Labute approximate surface area is 112 Å². The van der Waals surface area contributed by atoms with Crippen molar-refractivity contribution >= 4 is 15.9 Å². The number of halogens is 1. The van der Waals surface area contributed by atoms with Gasteiger partial charge in [0.1, 0.15) is 5.75 Å². The average Bonchev–Trinajstić information content (AvgIpc) is 3.15. The lowest BCUT2D eigenvalue weighted by molar-refractivity contribution is 0.414. The fourth-order valence-corrected chi connectivity index (χ4v) is 2.35. The molecule has 1 aromatic rings. The van der Waals surface area contributed by atoms with Crippen molar-refractivity contribution in [2.24, 2.45) is 0 Å². The third-order valence-corrected chi connectivity index (χ3v) is 3.91. The van der Waals surface area contributed by atoms with Crippen LogP contribution in [0.5, 0.6) is 5.75 Å². The van der Waals surface area contributed by atoms with Crippen molar-refractivity contribution in [1.29, 1.82) is 0 Å². The standard InChI is InChI=1S/C14H20BrNO/c1-17-13-7-8-14(15)11(10-13)4-2-3-9-16-12-5-6-12/h7-8,10,12,16H,2-6,9H2,1H3. The van der Waals surface area contributed by atoms with Crippen LogP contribution in [0.15, 0.2) is 22.7 Å². The monoisotopic (exact) mass is 297 g/mol. The number of methoxy groups -OCH3 is 1. The maximum atomic E-state index is 5.24. The number of rotatable bonds is 7. The molecule has 1 N–H and O–H groups in total. The van der Waals surface area contributed by atoms with Gasteiger partial charge in [-0.2, -0.15) is 0 Å². The normalized spacial score (nSPS) is 14.9. The zero-order valence-electron chi connectivity index (χ0n) is 10.3. The Morgan fingerprint density at radius 2 is 2.18 bits per heavy atom. The molecule has 1 aromatic carbocycles. The SMILES string of the molecule is COc1ccc(Br)c(CCCCNC2CC2)c1. The molecule has 0 spiro atoms. The first kappa shape index (κ1) is 12.9.